The number of rotatable bonds is 5. The van der Waals surface area contributed by atoms with Gasteiger partial charge in [0.05, 0.1) is 0 Å². The summed E-state index contributed by atoms with van der Waals surface area (Å²) in [5.41, 5.74) is 1.85. The Hall–Kier alpha value is -2.89. The van der Waals surface area contributed by atoms with Crippen LogP contribution in [0.15, 0.2) is 48.5 Å². The van der Waals surface area contributed by atoms with E-state index in [0.29, 0.717) is 16.8 Å². The van der Waals surface area contributed by atoms with E-state index in [1.807, 2.05) is 6.07 Å². The lowest BCUT2D eigenvalue weighted by atomic mass is 10.1. The Bertz CT molecular complexity index is 719. The van der Waals surface area contributed by atoms with Crippen molar-refractivity contribution in [1.29, 1.82) is 0 Å². The van der Waals surface area contributed by atoms with E-state index in [2.05, 4.69) is 16.0 Å². The highest BCUT2D eigenvalue weighted by Crippen LogP contribution is 2.09. The third kappa shape index (κ3) is 5.08. The maximum atomic E-state index is 13.5. The van der Waals surface area contributed by atoms with Gasteiger partial charge in [0.1, 0.15) is 11.9 Å². The quantitative estimate of drug-likeness (QED) is 0.789. The van der Waals surface area contributed by atoms with Gasteiger partial charge in [-0.2, -0.15) is 0 Å². The van der Waals surface area contributed by atoms with E-state index in [1.165, 1.54) is 6.07 Å². The Kier molecular flexibility index (Phi) is 5.89. The molecule has 1 unspecified atom stereocenters. The molecule has 24 heavy (non-hydrogen) atoms. The number of hydrogen-bond acceptors (Lipinski definition) is 2. The monoisotopic (exact) mass is 329 g/mol. The molecular weight excluding hydrogens is 309 g/mol. The molecule has 0 saturated heterocycles. The zero-order valence-electron chi connectivity index (χ0n) is 13.6. The summed E-state index contributed by atoms with van der Waals surface area (Å²) in [6.45, 7) is 3.45. The molecule has 6 heteroatoms. The van der Waals surface area contributed by atoms with Gasteiger partial charge in [-0.1, -0.05) is 30.3 Å². The zero-order valence-corrected chi connectivity index (χ0v) is 13.6. The number of nitrogens with one attached hydrogen (secondary N) is 3. The minimum Gasteiger partial charge on any atom is -0.350 e. The zero-order chi connectivity index (χ0) is 17.5. The molecule has 2 aromatic rings. The molecule has 1 atom stereocenters. The van der Waals surface area contributed by atoms with Crippen LogP contribution in [0.1, 0.15) is 18.1 Å². The first-order valence-corrected chi connectivity index (χ1v) is 7.61. The average Bonchev–Trinajstić information content (AvgIpc) is 2.56. The van der Waals surface area contributed by atoms with Crippen LogP contribution in [0.4, 0.5) is 14.9 Å². The SMILES string of the molecule is Cc1ccc(CNC(=O)C(C)NC(=O)Nc2ccccc2)cc1F. The van der Waals surface area contributed by atoms with Crippen molar-refractivity contribution in [2.45, 2.75) is 26.4 Å². The van der Waals surface area contributed by atoms with Crippen molar-refractivity contribution in [2.24, 2.45) is 0 Å². The summed E-state index contributed by atoms with van der Waals surface area (Å²) >= 11 is 0. The van der Waals surface area contributed by atoms with Gasteiger partial charge in [0.2, 0.25) is 5.91 Å². The van der Waals surface area contributed by atoms with E-state index in [9.17, 15) is 14.0 Å². The van der Waals surface area contributed by atoms with Gasteiger partial charge in [-0.05, 0) is 43.2 Å². The van der Waals surface area contributed by atoms with Gasteiger partial charge in [0.25, 0.3) is 0 Å². The predicted molar refractivity (Wildman–Crippen MR) is 91.0 cm³/mol. The Morgan fingerprint density at radius 3 is 2.50 bits per heavy atom. The second kappa shape index (κ2) is 8.10. The van der Waals surface area contributed by atoms with Crippen LogP contribution in [0.5, 0.6) is 0 Å². The fourth-order valence-corrected chi connectivity index (χ4v) is 2.04. The van der Waals surface area contributed by atoms with Crippen LogP contribution in [0, 0.1) is 12.7 Å². The number of amides is 3. The number of para-hydroxylation sites is 1. The summed E-state index contributed by atoms with van der Waals surface area (Å²) in [6, 6.07) is 12.5. The van der Waals surface area contributed by atoms with Crippen LogP contribution in [0.3, 0.4) is 0 Å². The highest BCUT2D eigenvalue weighted by Gasteiger charge is 2.15. The number of hydrogen-bond donors (Lipinski definition) is 3. The largest absolute Gasteiger partial charge is 0.350 e. The lowest BCUT2D eigenvalue weighted by Crippen LogP contribution is -2.46. The van der Waals surface area contributed by atoms with Crippen molar-refractivity contribution in [3.63, 3.8) is 0 Å². The molecule has 0 saturated carbocycles. The fraction of sp³-hybridized carbons (Fsp3) is 0.222. The van der Waals surface area contributed by atoms with Crippen molar-refractivity contribution in [3.8, 4) is 0 Å². The molecule has 0 spiro atoms. The molecule has 0 fully saturated rings. The molecule has 0 aliphatic rings. The number of halogens is 1. The number of urea groups is 1. The molecule has 0 bridgehead atoms. The lowest BCUT2D eigenvalue weighted by Gasteiger charge is -2.15. The fourth-order valence-electron chi connectivity index (χ4n) is 2.04. The smallest absolute Gasteiger partial charge is 0.319 e. The van der Waals surface area contributed by atoms with Gasteiger partial charge in [-0.3, -0.25) is 4.79 Å². The Morgan fingerprint density at radius 1 is 1.12 bits per heavy atom. The molecule has 2 rings (SSSR count). The van der Waals surface area contributed by atoms with Gasteiger partial charge in [0, 0.05) is 12.2 Å². The second-order valence-electron chi connectivity index (χ2n) is 5.49. The van der Waals surface area contributed by atoms with Crippen molar-refractivity contribution in [2.75, 3.05) is 5.32 Å². The van der Waals surface area contributed by atoms with Crippen LogP contribution >= 0.6 is 0 Å². The van der Waals surface area contributed by atoms with Gasteiger partial charge in [-0.15, -0.1) is 0 Å². The molecule has 126 valence electrons. The maximum Gasteiger partial charge on any atom is 0.319 e. The molecule has 3 N–H and O–H groups in total. The molecule has 0 aromatic heterocycles. The molecule has 0 aliphatic carbocycles. The van der Waals surface area contributed by atoms with Crippen LogP contribution < -0.4 is 16.0 Å². The van der Waals surface area contributed by atoms with Gasteiger partial charge in [0.15, 0.2) is 0 Å². The van der Waals surface area contributed by atoms with E-state index in [0.717, 1.165) is 0 Å². The van der Waals surface area contributed by atoms with Gasteiger partial charge in [-0.25, -0.2) is 9.18 Å². The normalized spacial score (nSPS) is 11.5. The third-order valence-corrected chi connectivity index (χ3v) is 3.48. The summed E-state index contributed by atoms with van der Waals surface area (Å²) in [6.07, 6.45) is 0. The van der Waals surface area contributed by atoms with Crippen LogP contribution in [0.25, 0.3) is 0 Å². The maximum absolute atomic E-state index is 13.5. The highest BCUT2D eigenvalue weighted by atomic mass is 19.1. The standard InChI is InChI=1S/C18H20FN3O2/c1-12-8-9-14(10-16(12)19)11-20-17(23)13(2)21-18(24)22-15-6-4-3-5-7-15/h3-10,13H,11H2,1-2H3,(H,20,23)(H2,21,22,24). The summed E-state index contributed by atoms with van der Waals surface area (Å²) in [5.74, 6) is -0.658. The van der Waals surface area contributed by atoms with Gasteiger partial charge >= 0.3 is 6.03 Å². The van der Waals surface area contributed by atoms with E-state index in [4.69, 9.17) is 0 Å². The molecule has 0 heterocycles. The molecule has 2 aromatic carbocycles. The Morgan fingerprint density at radius 2 is 1.83 bits per heavy atom. The van der Waals surface area contributed by atoms with Gasteiger partial charge < -0.3 is 16.0 Å². The summed E-state index contributed by atoms with van der Waals surface area (Å²) < 4.78 is 13.5. The molecular formula is C18H20FN3O2. The Labute approximate surface area is 140 Å². The van der Waals surface area contributed by atoms with Crippen molar-refractivity contribution in [1.82, 2.24) is 10.6 Å². The summed E-state index contributed by atoms with van der Waals surface area (Å²) in [4.78, 5) is 23.8. The number of carbonyl (C=O) groups is 2. The first-order chi connectivity index (χ1) is 11.5. The molecule has 0 radical (unpaired) electrons. The Balaban J connectivity index is 1.81. The first kappa shape index (κ1) is 17.5. The minimum atomic E-state index is -0.719. The number of anilines is 1. The summed E-state index contributed by atoms with van der Waals surface area (Å²) in [7, 11) is 0. The summed E-state index contributed by atoms with van der Waals surface area (Å²) in [5, 5.41) is 7.85. The van der Waals surface area contributed by atoms with Crippen LogP contribution in [0.2, 0.25) is 0 Å². The number of carbonyl (C=O) groups excluding carboxylic acids is 2. The lowest BCUT2D eigenvalue weighted by molar-refractivity contribution is -0.122. The van der Waals surface area contributed by atoms with Crippen molar-refractivity contribution < 1.29 is 14.0 Å². The van der Waals surface area contributed by atoms with Crippen molar-refractivity contribution in [3.05, 3.63) is 65.5 Å². The number of aryl methyl sites for hydroxylation is 1. The van der Waals surface area contributed by atoms with Crippen LogP contribution in [-0.2, 0) is 11.3 Å². The highest BCUT2D eigenvalue weighted by molar-refractivity contribution is 5.93. The third-order valence-electron chi connectivity index (χ3n) is 3.48. The minimum absolute atomic E-state index is 0.197. The van der Waals surface area contributed by atoms with Crippen LogP contribution in [-0.4, -0.2) is 18.0 Å². The van der Waals surface area contributed by atoms with Crippen molar-refractivity contribution >= 4 is 17.6 Å². The predicted octanol–water partition coefficient (Wildman–Crippen LogP) is 2.96. The average molecular weight is 329 g/mol. The molecule has 3 amide bonds. The molecule has 0 aliphatic heterocycles. The number of benzene rings is 2. The topological polar surface area (TPSA) is 70.2 Å². The second-order valence-corrected chi connectivity index (χ2v) is 5.49. The van der Waals surface area contributed by atoms with E-state index < -0.39 is 12.1 Å². The molecule has 5 nitrogen and oxygen atoms in total. The van der Waals surface area contributed by atoms with E-state index in [1.54, 1.807) is 50.2 Å². The van der Waals surface area contributed by atoms with E-state index >= 15 is 0 Å². The van der Waals surface area contributed by atoms with E-state index in [-0.39, 0.29) is 18.3 Å². The first-order valence-electron chi connectivity index (χ1n) is 7.61.